The minimum Gasteiger partial charge on any atom is -0.339 e. The van der Waals surface area contributed by atoms with Crippen molar-refractivity contribution in [3.05, 3.63) is 45.2 Å². The van der Waals surface area contributed by atoms with Crippen LogP contribution in [0.3, 0.4) is 0 Å². The molecule has 1 N–H and O–H groups in total. The van der Waals surface area contributed by atoms with Gasteiger partial charge in [0.25, 0.3) is 0 Å². The Hall–Kier alpha value is -0.940. The third-order valence-electron chi connectivity index (χ3n) is 2.19. The highest BCUT2D eigenvalue weighted by Gasteiger charge is 2.05. The molecular formula is C11H9Br2N3. The van der Waals surface area contributed by atoms with E-state index >= 15 is 0 Å². The molecule has 2 rings (SSSR count). The van der Waals surface area contributed by atoms with Crippen molar-refractivity contribution in [2.45, 2.75) is 6.92 Å². The lowest BCUT2D eigenvalue weighted by molar-refractivity contribution is 1.15. The fraction of sp³-hybridized carbons (Fsp3) is 0.0909. The van der Waals surface area contributed by atoms with Crippen molar-refractivity contribution in [1.82, 2.24) is 9.97 Å². The Labute approximate surface area is 111 Å². The number of aromatic nitrogens is 2. The fourth-order valence-electron chi connectivity index (χ4n) is 1.28. The van der Waals surface area contributed by atoms with Crippen LogP contribution >= 0.6 is 31.9 Å². The number of hydrogen-bond acceptors (Lipinski definition) is 3. The Balaban J connectivity index is 2.35. The summed E-state index contributed by atoms with van der Waals surface area (Å²) in [6, 6.07) is 6.00. The average molecular weight is 343 g/mol. The van der Waals surface area contributed by atoms with Crippen LogP contribution in [0.5, 0.6) is 0 Å². The first kappa shape index (κ1) is 11.5. The van der Waals surface area contributed by atoms with Gasteiger partial charge < -0.3 is 5.32 Å². The molecule has 0 fully saturated rings. The van der Waals surface area contributed by atoms with Gasteiger partial charge in [0.2, 0.25) is 0 Å². The molecule has 0 spiro atoms. The van der Waals surface area contributed by atoms with E-state index in [1.165, 1.54) is 6.33 Å². The molecule has 0 aliphatic heterocycles. The molecule has 0 unspecified atom stereocenters. The second-order valence-electron chi connectivity index (χ2n) is 3.26. The molecule has 0 aliphatic rings. The second-order valence-corrected chi connectivity index (χ2v) is 4.97. The monoisotopic (exact) mass is 341 g/mol. The molecule has 1 heterocycles. The predicted octanol–water partition coefficient (Wildman–Crippen LogP) is 4.05. The van der Waals surface area contributed by atoms with E-state index in [1.807, 2.05) is 25.1 Å². The van der Waals surface area contributed by atoms with Gasteiger partial charge in [0.05, 0.1) is 4.47 Å². The number of benzene rings is 1. The van der Waals surface area contributed by atoms with E-state index < -0.39 is 0 Å². The molecule has 0 amide bonds. The molecule has 0 atom stereocenters. The van der Waals surface area contributed by atoms with Crippen LogP contribution in [0.4, 0.5) is 11.5 Å². The molecule has 0 bridgehead atoms. The third-order valence-corrected chi connectivity index (χ3v) is 3.63. The van der Waals surface area contributed by atoms with E-state index in [0.717, 1.165) is 26.0 Å². The lowest BCUT2D eigenvalue weighted by Crippen LogP contribution is -1.97. The van der Waals surface area contributed by atoms with Gasteiger partial charge in [-0.15, -0.1) is 0 Å². The van der Waals surface area contributed by atoms with Crippen LogP contribution in [-0.2, 0) is 0 Å². The molecule has 82 valence electrons. The summed E-state index contributed by atoms with van der Waals surface area (Å²) in [4.78, 5) is 8.08. The molecule has 2 aromatic rings. The van der Waals surface area contributed by atoms with Gasteiger partial charge in [0, 0.05) is 16.4 Å². The van der Waals surface area contributed by atoms with Crippen molar-refractivity contribution < 1.29 is 0 Å². The molecule has 1 aromatic heterocycles. The number of hydrogen-bond donors (Lipinski definition) is 1. The molecule has 3 nitrogen and oxygen atoms in total. The Morgan fingerprint density at radius 3 is 2.75 bits per heavy atom. The van der Waals surface area contributed by atoms with Gasteiger partial charge in [-0.05, 0) is 40.5 Å². The van der Waals surface area contributed by atoms with Gasteiger partial charge in [0.15, 0.2) is 0 Å². The van der Waals surface area contributed by atoms with E-state index in [2.05, 4.69) is 47.1 Å². The van der Waals surface area contributed by atoms with E-state index in [-0.39, 0.29) is 0 Å². The topological polar surface area (TPSA) is 37.8 Å². The maximum Gasteiger partial charge on any atom is 0.148 e. The van der Waals surface area contributed by atoms with Crippen LogP contribution in [0.15, 0.2) is 39.7 Å². The highest BCUT2D eigenvalue weighted by atomic mass is 79.9. The van der Waals surface area contributed by atoms with Crippen molar-refractivity contribution in [1.29, 1.82) is 0 Å². The largest absolute Gasteiger partial charge is 0.339 e. The van der Waals surface area contributed by atoms with E-state index in [0.29, 0.717) is 0 Å². The van der Waals surface area contributed by atoms with Crippen molar-refractivity contribution in [3.8, 4) is 0 Å². The number of halogens is 2. The number of rotatable bonds is 2. The molecule has 5 heteroatoms. The normalized spacial score (nSPS) is 10.2. The maximum absolute atomic E-state index is 4.16. The van der Waals surface area contributed by atoms with Crippen LogP contribution in [0, 0.1) is 6.92 Å². The quantitative estimate of drug-likeness (QED) is 0.894. The number of anilines is 2. The summed E-state index contributed by atoms with van der Waals surface area (Å²) < 4.78 is 1.91. The molecule has 16 heavy (non-hydrogen) atoms. The van der Waals surface area contributed by atoms with Crippen molar-refractivity contribution >= 4 is 43.4 Å². The fourth-order valence-corrected chi connectivity index (χ4v) is 1.96. The summed E-state index contributed by atoms with van der Waals surface area (Å²) in [7, 11) is 0. The van der Waals surface area contributed by atoms with E-state index in [9.17, 15) is 0 Å². The first-order valence-corrected chi connectivity index (χ1v) is 6.24. The zero-order valence-electron chi connectivity index (χ0n) is 8.54. The van der Waals surface area contributed by atoms with Crippen LogP contribution in [-0.4, -0.2) is 9.97 Å². The summed E-state index contributed by atoms with van der Waals surface area (Å²) >= 11 is 6.89. The smallest absolute Gasteiger partial charge is 0.148 e. The third kappa shape index (κ3) is 2.41. The van der Waals surface area contributed by atoms with Crippen LogP contribution in [0.25, 0.3) is 0 Å². The van der Waals surface area contributed by atoms with Gasteiger partial charge in [-0.2, -0.15) is 0 Å². The standard InChI is InChI=1S/C11H9Br2N3/c1-7-8(12)3-2-4-10(7)16-11-9(13)5-14-6-15-11/h2-6H,1H3,(H,14,15,16). The van der Waals surface area contributed by atoms with Gasteiger partial charge in [-0.3, -0.25) is 0 Å². The Morgan fingerprint density at radius 2 is 2.00 bits per heavy atom. The molecular weight excluding hydrogens is 334 g/mol. The second kappa shape index (κ2) is 4.93. The van der Waals surface area contributed by atoms with Gasteiger partial charge in [-0.1, -0.05) is 22.0 Å². The SMILES string of the molecule is Cc1c(Br)cccc1Nc1ncncc1Br. The summed E-state index contributed by atoms with van der Waals surface area (Å²) in [6.07, 6.45) is 3.23. The van der Waals surface area contributed by atoms with Crippen LogP contribution in [0.2, 0.25) is 0 Å². The lowest BCUT2D eigenvalue weighted by Gasteiger charge is -2.10. The minimum absolute atomic E-state index is 0.760. The van der Waals surface area contributed by atoms with E-state index in [4.69, 9.17) is 0 Å². The van der Waals surface area contributed by atoms with Crippen molar-refractivity contribution in [2.75, 3.05) is 5.32 Å². The van der Waals surface area contributed by atoms with E-state index in [1.54, 1.807) is 6.20 Å². The summed E-state index contributed by atoms with van der Waals surface area (Å²) in [5.41, 5.74) is 2.17. The van der Waals surface area contributed by atoms with Crippen molar-refractivity contribution in [2.24, 2.45) is 0 Å². The Morgan fingerprint density at radius 1 is 1.19 bits per heavy atom. The molecule has 1 aromatic carbocycles. The molecule has 0 aliphatic carbocycles. The molecule has 0 saturated carbocycles. The first-order chi connectivity index (χ1) is 7.68. The average Bonchev–Trinajstić information content (AvgIpc) is 2.28. The summed E-state index contributed by atoms with van der Waals surface area (Å²) in [6.45, 7) is 2.04. The van der Waals surface area contributed by atoms with Gasteiger partial charge >= 0.3 is 0 Å². The highest BCUT2D eigenvalue weighted by Crippen LogP contribution is 2.28. The van der Waals surface area contributed by atoms with Gasteiger partial charge in [0.1, 0.15) is 12.1 Å². The molecule has 0 radical (unpaired) electrons. The predicted molar refractivity (Wildman–Crippen MR) is 71.9 cm³/mol. The maximum atomic E-state index is 4.16. The zero-order valence-corrected chi connectivity index (χ0v) is 11.7. The highest BCUT2D eigenvalue weighted by molar-refractivity contribution is 9.10. The number of nitrogens with zero attached hydrogens (tertiary/aromatic N) is 2. The van der Waals surface area contributed by atoms with Crippen LogP contribution < -0.4 is 5.32 Å². The number of nitrogens with one attached hydrogen (secondary N) is 1. The Kier molecular flexibility index (Phi) is 3.56. The zero-order chi connectivity index (χ0) is 11.5. The van der Waals surface area contributed by atoms with Crippen LogP contribution in [0.1, 0.15) is 5.56 Å². The molecule has 0 saturated heterocycles. The first-order valence-electron chi connectivity index (χ1n) is 4.66. The minimum atomic E-state index is 0.760. The van der Waals surface area contributed by atoms with Crippen molar-refractivity contribution in [3.63, 3.8) is 0 Å². The lowest BCUT2D eigenvalue weighted by atomic mass is 10.2. The van der Waals surface area contributed by atoms with Gasteiger partial charge in [-0.25, -0.2) is 9.97 Å². The summed E-state index contributed by atoms with van der Waals surface area (Å²) in [5, 5.41) is 3.25. The Bertz CT molecular complexity index is 514. The summed E-state index contributed by atoms with van der Waals surface area (Å²) in [5.74, 6) is 0.760.